The van der Waals surface area contributed by atoms with Crippen LogP contribution in [0.4, 0.5) is 13.2 Å². The highest BCUT2D eigenvalue weighted by atomic mass is 19.4. The number of ketones is 1. The Morgan fingerprint density at radius 2 is 1.76 bits per heavy atom. The highest BCUT2D eigenvalue weighted by Crippen LogP contribution is 2.52. The molecule has 0 aliphatic heterocycles. The number of fused-ring (bicyclic) bond motifs is 2. The standard InChI is InChI=1S/C20H18F3NO/c1-11(25)15-8-16-12-2-4-13(5-3-12)19(16)17(9-15)14-6-7-18(24-10-14)20(21,22)23/h6-10,12-13H,2-5H2,1H3. The Morgan fingerprint density at radius 1 is 1.08 bits per heavy atom. The quantitative estimate of drug-likeness (QED) is 0.651. The number of carbonyl (C=O) groups excluding carboxylic acids is 1. The molecule has 1 fully saturated rings. The number of nitrogens with zero attached hydrogens (tertiary/aromatic N) is 1. The van der Waals surface area contributed by atoms with Crippen molar-refractivity contribution in [1.82, 2.24) is 4.98 Å². The highest BCUT2D eigenvalue weighted by molar-refractivity contribution is 5.96. The summed E-state index contributed by atoms with van der Waals surface area (Å²) in [7, 11) is 0. The van der Waals surface area contributed by atoms with Crippen molar-refractivity contribution in [2.24, 2.45) is 0 Å². The molecular formula is C20H18F3NO. The molecule has 0 saturated heterocycles. The fraction of sp³-hybridized carbons (Fsp3) is 0.400. The van der Waals surface area contributed by atoms with E-state index in [1.807, 2.05) is 12.1 Å². The molecular weight excluding hydrogens is 327 g/mol. The third-order valence-corrected chi connectivity index (χ3v) is 5.56. The van der Waals surface area contributed by atoms with Crippen LogP contribution in [0, 0.1) is 0 Å². The highest BCUT2D eigenvalue weighted by Gasteiger charge is 2.36. The molecule has 5 heteroatoms. The molecule has 1 saturated carbocycles. The van der Waals surface area contributed by atoms with Crippen LogP contribution < -0.4 is 0 Å². The maximum absolute atomic E-state index is 12.8. The minimum atomic E-state index is -4.45. The van der Waals surface area contributed by atoms with Crippen molar-refractivity contribution >= 4 is 5.78 Å². The van der Waals surface area contributed by atoms with Gasteiger partial charge in [0, 0.05) is 17.3 Å². The Labute approximate surface area is 144 Å². The van der Waals surface area contributed by atoms with Crippen molar-refractivity contribution in [2.45, 2.75) is 50.6 Å². The molecule has 130 valence electrons. The smallest absolute Gasteiger partial charge is 0.295 e. The topological polar surface area (TPSA) is 30.0 Å². The van der Waals surface area contributed by atoms with Gasteiger partial charge in [-0.1, -0.05) is 6.07 Å². The first kappa shape index (κ1) is 16.3. The minimum absolute atomic E-state index is 0.0228. The van der Waals surface area contributed by atoms with Crippen LogP contribution in [0.1, 0.15) is 71.6 Å². The molecule has 3 aliphatic rings. The number of benzene rings is 1. The van der Waals surface area contributed by atoms with Crippen LogP contribution in [-0.4, -0.2) is 10.8 Å². The Morgan fingerprint density at radius 3 is 2.32 bits per heavy atom. The van der Waals surface area contributed by atoms with E-state index in [0.29, 0.717) is 23.0 Å². The van der Waals surface area contributed by atoms with Crippen LogP contribution in [0.15, 0.2) is 30.5 Å². The van der Waals surface area contributed by atoms with Crippen LogP contribution in [0.25, 0.3) is 11.1 Å². The molecule has 0 unspecified atom stereocenters. The van der Waals surface area contributed by atoms with Crippen LogP contribution >= 0.6 is 0 Å². The molecule has 2 aromatic rings. The summed E-state index contributed by atoms with van der Waals surface area (Å²) in [5.41, 5.74) is 3.69. The lowest BCUT2D eigenvalue weighted by atomic mass is 9.65. The summed E-state index contributed by atoms with van der Waals surface area (Å²) in [4.78, 5) is 15.5. The van der Waals surface area contributed by atoms with Gasteiger partial charge in [0.15, 0.2) is 5.78 Å². The van der Waals surface area contributed by atoms with Gasteiger partial charge in [0.1, 0.15) is 5.69 Å². The van der Waals surface area contributed by atoms with E-state index in [2.05, 4.69) is 4.98 Å². The number of rotatable bonds is 2. The van der Waals surface area contributed by atoms with Crippen molar-refractivity contribution in [1.29, 1.82) is 0 Å². The van der Waals surface area contributed by atoms with Crippen molar-refractivity contribution in [2.75, 3.05) is 0 Å². The summed E-state index contributed by atoms with van der Waals surface area (Å²) in [6.07, 6.45) is 1.31. The van der Waals surface area contributed by atoms with Crippen molar-refractivity contribution in [3.8, 4) is 11.1 Å². The zero-order valence-corrected chi connectivity index (χ0v) is 13.9. The van der Waals surface area contributed by atoms with Crippen LogP contribution in [0.5, 0.6) is 0 Å². The SMILES string of the molecule is CC(=O)c1cc(-c2ccc(C(F)(F)F)nc2)c2c(c1)C1CCC2CC1. The van der Waals surface area contributed by atoms with Crippen molar-refractivity contribution in [3.63, 3.8) is 0 Å². The molecule has 0 spiro atoms. The van der Waals surface area contributed by atoms with Gasteiger partial charge in [0.25, 0.3) is 0 Å². The lowest BCUT2D eigenvalue weighted by molar-refractivity contribution is -0.141. The van der Waals surface area contributed by atoms with E-state index in [9.17, 15) is 18.0 Å². The molecule has 1 aromatic heterocycles. The molecule has 0 N–H and O–H groups in total. The predicted octanol–water partition coefficient (Wildman–Crippen LogP) is 5.72. The molecule has 0 radical (unpaired) electrons. The molecule has 1 aromatic carbocycles. The number of pyridine rings is 1. The van der Waals surface area contributed by atoms with E-state index < -0.39 is 11.9 Å². The second-order valence-corrected chi connectivity index (χ2v) is 7.06. The van der Waals surface area contributed by atoms with Gasteiger partial charge in [0.2, 0.25) is 0 Å². The number of Topliss-reactive ketones (excluding diaryl/α,β-unsaturated/α-hetero) is 1. The first-order valence-electron chi connectivity index (χ1n) is 8.57. The molecule has 0 atom stereocenters. The predicted molar refractivity (Wildman–Crippen MR) is 88.6 cm³/mol. The van der Waals surface area contributed by atoms with Crippen LogP contribution in [-0.2, 0) is 6.18 Å². The van der Waals surface area contributed by atoms with E-state index in [1.165, 1.54) is 30.3 Å². The molecule has 25 heavy (non-hydrogen) atoms. The largest absolute Gasteiger partial charge is 0.433 e. The summed E-state index contributed by atoms with van der Waals surface area (Å²) >= 11 is 0. The van der Waals surface area contributed by atoms with E-state index in [-0.39, 0.29) is 5.78 Å². The molecule has 2 nitrogen and oxygen atoms in total. The third kappa shape index (κ3) is 2.75. The average Bonchev–Trinajstić information content (AvgIpc) is 2.61. The number of aromatic nitrogens is 1. The number of alkyl halides is 3. The monoisotopic (exact) mass is 345 g/mol. The Kier molecular flexibility index (Phi) is 3.71. The lowest BCUT2D eigenvalue weighted by Crippen LogP contribution is -2.23. The number of hydrogen-bond donors (Lipinski definition) is 0. The van der Waals surface area contributed by atoms with E-state index >= 15 is 0 Å². The van der Waals surface area contributed by atoms with Crippen LogP contribution in [0.2, 0.25) is 0 Å². The maximum Gasteiger partial charge on any atom is 0.433 e. The summed E-state index contributed by atoms with van der Waals surface area (Å²) in [5, 5.41) is 0. The van der Waals surface area contributed by atoms with E-state index in [1.54, 1.807) is 0 Å². The first-order chi connectivity index (χ1) is 11.8. The van der Waals surface area contributed by atoms with Crippen LogP contribution in [0.3, 0.4) is 0 Å². The van der Waals surface area contributed by atoms with E-state index in [0.717, 1.165) is 37.3 Å². The van der Waals surface area contributed by atoms with E-state index in [4.69, 9.17) is 0 Å². The molecule has 0 amide bonds. The Hall–Kier alpha value is -2.17. The molecule has 1 heterocycles. The maximum atomic E-state index is 12.8. The fourth-order valence-corrected chi connectivity index (χ4v) is 4.33. The zero-order chi connectivity index (χ0) is 17.8. The van der Waals surface area contributed by atoms with Gasteiger partial charge in [0.05, 0.1) is 0 Å². The van der Waals surface area contributed by atoms with Gasteiger partial charge >= 0.3 is 6.18 Å². The number of halogens is 3. The van der Waals surface area contributed by atoms with Crippen molar-refractivity contribution < 1.29 is 18.0 Å². The molecule has 2 bridgehead atoms. The summed E-state index contributed by atoms with van der Waals surface area (Å²) in [5.74, 6) is 0.865. The van der Waals surface area contributed by atoms with Gasteiger partial charge < -0.3 is 0 Å². The second-order valence-electron chi connectivity index (χ2n) is 7.06. The summed E-state index contributed by atoms with van der Waals surface area (Å²) in [6, 6.07) is 6.31. The molecule has 3 aliphatic carbocycles. The van der Waals surface area contributed by atoms with Gasteiger partial charge in [-0.25, -0.2) is 0 Å². The molecule has 5 rings (SSSR count). The Bertz CT molecular complexity index is 831. The van der Waals surface area contributed by atoms with Gasteiger partial charge in [-0.05, 0) is 79.3 Å². The lowest BCUT2D eigenvalue weighted by Gasteiger charge is -2.40. The number of carbonyl (C=O) groups is 1. The van der Waals surface area contributed by atoms with Gasteiger partial charge in [-0.15, -0.1) is 0 Å². The number of hydrogen-bond acceptors (Lipinski definition) is 2. The normalized spacial score (nSPS) is 21.9. The second kappa shape index (κ2) is 5.68. The summed E-state index contributed by atoms with van der Waals surface area (Å²) in [6.45, 7) is 1.53. The summed E-state index contributed by atoms with van der Waals surface area (Å²) < 4.78 is 38.3. The average molecular weight is 345 g/mol. The third-order valence-electron chi connectivity index (χ3n) is 5.56. The fourth-order valence-electron chi connectivity index (χ4n) is 4.33. The van der Waals surface area contributed by atoms with Gasteiger partial charge in [-0.2, -0.15) is 13.2 Å². The minimum Gasteiger partial charge on any atom is -0.295 e. The zero-order valence-electron chi connectivity index (χ0n) is 13.9. The van der Waals surface area contributed by atoms with Gasteiger partial charge in [-0.3, -0.25) is 9.78 Å². The van der Waals surface area contributed by atoms with Crippen molar-refractivity contribution in [3.05, 3.63) is 52.8 Å². The Balaban J connectivity index is 1.88. The first-order valence-corrected chi connectivity index (χ1v) is 8.57.